The summed E-state index contributed by atoms with van der Waals surface area (Å²) in [5.41, 5.74) is 2.20. The summed E-state index contributed by atoms with van der Waals surface area (Å²) < 4.78 is 5.83. The third-order valence-electron chi connectivity index (χ3n) is 4.67. The number of likely N-dealkylation sites (N-methyl/N-ethyl adjacent to an activating group) is 1. The molecule has 1 heterocycles. The number of carbonyl (C=O) groups is 2. The average molecular weight is 423 g/mol. The monoisotopic (exact) mass is 422 g/mol. The SMILES string of the molecule is CCN(CC(=O)NCc1cccs1)C(=O)COc1ccccc1Cc1ccccc1. The number of carbonyl (C=O) groups excluding carboxylic acids is 2. The van der Waals surface area contributed by atoms with E-state index in [0.29, 0.717) is 18.8 Å². The van der Waals surface area contributed by atoms with E-state index in [0.717, 1.165) is 16.9 Å². The molecule has 0 atom stereocenters. The minimum atomic E-state index is -0.210. The molecule has 0 aliphatic carbocycles. The van der Waals surface area contributed by atoms with Crippen LogP contribution >= 0.6 is 11.3 Å². The Balaban J connectivity index is 1.53. The fraction of sp³-hybridized carbons (Fsp3) is 0.250. The van der Waals surface area contributed by atoms with Gasteiger partial charge in [-0.15, -0.1) is 11.3 Å². The minimum Gasteiger partial charge on any atom is -0.483 e. The van der Waals surface area contributed by atoms with Gasteiger partial charge in [0.15, 0.2) is 6.61 Å². The summed E-state index contributed by atoms with van der Waals surface area (Å²) in [6.45, 7) is 2.70. The number of hydrogen-bond acceptors (Lipinski definition) is 4. The first-order chi connectivity index (χ1) is 14.7. The summed E-state index contributed by atoms with van der Waals surface area (Å²) in [6, 6.07) is 21.8. The molecule has 0 unspecified atom stereocenters. The molecular weight excluding hydrogens is 396 g/mol. The Labute approximate surface area is 181 Å². The van der Waals surface area contributed by atoms with Gasteiger partial charge in [-0.3, -0.25) is 9.59 Å². The van der Waals surface area contributed by atoms with E-state index < -0.39 is 0 Å². The molecule has 30 heavy (non-hydrogen) atoms. The lowest BCUT2D eigenvalue weighted by Crippen LogP contribution is -2.42. The van der Waals surface area contributed by atoms with Gasteiger partial charge in [0.1, 0.15) is 5.75 Å². The predicted molar refractivity (Wildman–Crippen MR) is 120 cm³/mol. The predicted octanol–water partition coefficient (Wildman–Crippen LogP) is 3.88. The lowest BCUT2D eigenvalue weighted by atomic mass is 10.0. The summed E-state index contributed by atoms with van der Waals surface area (Å²) in [5.74, 6) is 0.300. The van der Waals surface area contributed by atoms with Gasteiger partial charge in [-0.2, -0.15) is 0 Å². The lowest BCUT2D eigenvalue weighted by molar-refractivity contribution is -0.137. The van der Waals surface area contributed by atoms with E-state index in [2.05, 4.69) is 17.4 Å². The zero-order valence-corrected chi connectivity index (χ0v) is 17.9. The summed E-state index contributed by atoms with van der Waals surface area (Å²) in [5, 5.41) is 4.82. The molecule has 0 aliphatic heterocycles. The van der Waals surface area contributed by atoms with Gasteiger partial charge in [0, 0.05) is 17.8 Å². The normalized spacial score (nSPS) is 10.4. The van der Waals surface area contributed by atoms with Gasteiger partial charge in [0.2, 0.25) is 5.91 Å². The Morgan fingerprint density at radius 2 is 1.77 bits per heavy atom. The molecule has 2 aromatic carbocycles. The number of rotatable bonds is 10. The molecule has 156 valence electrons. The van der Waals surface area contributed by atoms with E-state index in [1.165, 1.54) is 10.5 Å². The lowest BCUT2D eigenvalue weighted by Gasteiger charge is -2.21. The van der Waals surface area contributed by atoms with Gasteiger partial charge in [-0.05, 0) is 35.6 Å². The molecule has 6 heteroatoms. The summed E-state index contributed by atoms with van der Waals surface area (Å²) >= 11 is 1.59. The Morgan fingerprint density at radius 3 is 2.50 bits per heavy atom. The Bertz CT molecular complexity index is 942. The van der Waals surface area contributed by atoms with Crippen LogP contribution in [0.25, 0.3) is 0 Å². The maximum absolute atomic E-state index is 12.6. The van der Waals surface area contributed by atoms with Crippen molar-refractivity contribution in [3.05, 3.63) is 88.1 Å². The maximum Gasteiger partial charge on any atom is 0.260 e. The summed E-state index contributed by atoms with van der Waals surface area (Å²) in [7, 11) is 0. The average Bonchev–Trinajstić information content (AvgIpc) is 3.30. The quantitative estimate of drug-likeness (QED) is 0.539. The fourth-order valence-electron chi connectivity index (χ4n) is 3.04. The van der Waals surface area contributed by atoms with Crippen LogP contribution in [0.5, 0.6) is 5.75 Å². The number of nitrogens with zero attached hydrogens (tertiary/aromatic N) is 1. The van der Waals surface area contributed by atoms with E-state index >= 15 is 0 Å². The van der Waals surface area contributed by atoms with Gasteiger partial charge in [0.05, 0.1) is 13.1 Å². The molecule has 2 amide bonds. The third-order valence-corrected chi connectivity index (χ3v) is 5.55. The van der Waals surface area contributed by atoms with Crippen LogP contribution in [0.4, 0.5) is 0 Å². The highest BCUT2D eigenvalue weighted by Crippen LogP contribution is 2.21. The third kappa shape index (κ3) is 6.46. The zero-order valence-electron chi connectivity index (χ0n) is 17.0. The molecule has 3 aromatic rings. The highest BCUT2D eigenvalue weighted by Gasteiger charge is 2.17. The molecule has 0 aliphatic rings. The molecule has 0 radical (unpaired) electrons. The van der Waals surface area contributed by atoms with E-state index in [9.17, 15) is 9.59 Å². The van der Waals surface area contributed by atoms with E-state index in [-0.39, 0.29) is 25.0 Å². The second-order valence-electron chi connectivity index (χ2n) is 6.82. The van der Waals surface area contributed by atoms with Crippen molar-refractivity contribution < 1.29 is 14.3 Å². The van der Waals surface area contributed by atoms with E-state index in [1.54, 1.807) is 11.3 Å². The number of amides is 2. The van der Waals surface area contributed by atoms with Gasteiger partial charge >= 0.3 is 0 Å². The molecule has 3 rings (SSSR count). The van der Waals surface area contributed by atoms with Crippen molar-refractivity contribution in [2.45, 2.75) is 19.9 Å². The highest BCUT2D eigenvalue weighted by molar-refractivity contribution is 7.09. The molecule has 0 bridgehead atoms. The topological polar surface area (TPSA) is 58.6 Å². The van der Waals surface area contributed by atoms with Crippen molar-refractivity contribution in [3.8, 4) is 5.75 Å². The first-order valence-corrected chi connectivity index (χ1v) is 10.8. The molecule has 0 saturated carbocycles. The van der Waals surface area contributed by atoms with Crippen LogP contribution in [0, 0.1) is 0 Å². The van der Waals surface area contributed by atoms with Crippen molar-refractivity contribution in [1.29, 1.82) is 0 Å². The largest absolute Gasteiger partial charge is 0.483 e. The standard InChI is InChI=1S/C24H26N2O3S/c1-2-26(17-23(27)25-16-21-12-8-14-30-21)24(28)18-29-22-13-7-6-11-20(22)15-19-9-4-3-5-10-19/h3-14H,2,15-18H2,1H3,(H,25,27). The molecule has 0 saturated heterocycles. The smallest absolute Gasteiger partial charge is 0.260 e. The summed E-state index contributed by atoms with van der Waals surface area (Å²) in [4.78, 5) is 27.4. The number of ether oxygens (including phenoxy) is 1. The zero-order chi connectivity index (χ0) is 21.2. The van der Waals surface area contributed by atoms with Crippen LogP contribution < -0.4 is 10.1 Å². The van der Waals surface area contributed by atoms with Gasteiger partial charge in [-0.1, -0.05) is 54.6 Å². The van der Waals surface area contributed by atoms with Crippen LogP contribution in [0.1, 0.15) is 22.9 Å². The van der Waals surface area contributed by atoms with Crippen LogP contribution in [0.2, 0.25) is 0 Å². The molecule has 5 nitrogen and oxygen atoms in total. The van der Waals surface area contributed by atoms with Crippen molar-refractivity contribution in [2.24, 2.45) is 0 Å². The van der Waals surface area contributed by atoms with Crippen LogP contribution in [-0.4, -0.2) is 36.4 Å². The second-order valence-corrected chi connectivity index (χ2v) is 7.86. The second kappa shape index (κ2) is 11.2. The fourth-order valence-corrected chi connectivity index (χ4v) is 3.69. The van der Waals surface area contributed by atoms with Crippen molar-refractivity contribution >= 4 is 23.2 Å². The van der Waals surface area contributed by atoms with Crippen molar-refractivity contribution in [2.75, 3.05) is 19.7 Å². The van der Waals surface area contributed by atoms with Crippen molar-refractivity contribution in [3.63, 3.8) is 0 Å². The van der Waals surface area contributed by atoms with Gasteiger partial charge in [-0.25, -0.2) is 0 Å². The minimum absolute atomic E-state index is 0.0235. The van der Waals surface area contributed by atoms with Crippen LogP contribution in [0.3, 0.4) is 0 Å². The van der Waals surface area contributed by atoms with E-state index in [1.807, 2.05) is 66.9 Å². The number of benzene rings is 2. The Morgan fingerprint density at radius 1 is 1.00 bits per heavy atom. The highest BCUT2D eigenvalue weighted by atomic mass is 32.1. The number of hydrogen-bond donors (Lipinski definition) is 1. The first kappa shape index (κ1) is 21.6. The maximum atomic E-state index is 12.6. The van der Waals surface area contributed by atoms with Gasteiger partial charge < -0.3 is 15.0 Å². The number of nitrogens with one attached hydrogen (secondary N) is 1. The van der Waals surface area contributed by atoms with Gasteiger partial charge in [0.25, 0.3) is 5.91 Å². The van der Waals surface area contributed by atoms with E-state index in [4.69, 9.17) is 4.74 Å². The molecule has 1 N–H and O–H groups in total. The first-order valence-electron chi connectivity index (χ1n) is 9.97. The molecular formula is C24H26N2O3S. The summed E-state index contributed by atoms with van der Waals surface area (Å²) in [6.07, 6.45) is 0.730. The molecule has 0 fully saturated rings. The van der Waals surface area contributed by atoms with Crippen LogP contribution in [0.15, 0.2) is 72.1 Å². The molecule has 1 aromatic heterocycles. The molecule has 0 spiro atoms. The van der Waals surface area contributed by atoms with Crippen molar-refractivity contribution in [1.82, 2.24) is 10.2 Å². The number of thiophene rings is 1. The Hall–Kier alpha value is -3.12. The van der Waals surface area contributed by atoms with Crippen LogP contribution in [-0.2, 0) is 22.6 Å². The number of para-hydroxylation sites is 1. The Kier molecular flexibility index (Phi) is 8.03.